The van der Waals surface area contributed by atoms with E-state index in [0.29, 0.717) is 17.1 Å². The van der Waals surface area contributed by atoms with Gasteiger partial charge in [-0.05, 0) is 37.1 Å². The molecule has 0 radical (unpaired) electrons. The lowest BCUT2D eigenvalue weighted by molar-refractivity contribution is -0.116. The number of halogens is 1. The number of nitrogens with zero attached hydrogens (tertiary/aromatic N) is 4. The summed E-state index contributed by atoms with van der Waals surface area (Å²) >= 11 is 0. The second kappa shape index (κ2) is 6.22. The van der Waals surface area contributed by atoms with Crippen molar-refractivity contribution >= 4 is 23.1 Å². The van der Waals surface area contributed by atoms with Crippen molar-refractivity contribution in [3.8, 4) is 5.75 Å². The van der Waals surface area contributed by atoms with Crippen LogP contribution in [0.15, 0.2) is 36.7 Å². The molecule has 4 heterocycles. The number of benzene rings is 1. The molecule has 2 bridgehead atoms. The van der Waals surface area contributed by atoms with Crippen molar-refractivity contribution in [3.05, 3.63) is 48.0 Å². The smallest absolute Gasteiger partial charge is 0.227 e. The molecule has 8 heteroatoms. The van der Waals surface area contributed by atoms with Gasteiger partial charge in [-0.2, -0.15) is 5.10 Å². The predicted octanol–water partition coefficient (Wildman–Crippen LogP) is 2.93. The van der Waals surface area contributed by atoms with Crippen LogP contribution < -0.4 is 15.0 Å². The first kappa shape index (κ1) is 16.0. The van der Waals surface area contributed by atoms with E-state index in [4.69, 9.17) is 9.72 Å². The van der Waals surface area contributed by atoms with Gasteiger partial charge in [-0.1, -0.05) is 0 Å². The lowest BCUT2D eigenvalue weighted by Crippen LogP contribution is -2.24. The predicted molar refractivity (Wildman–Crippen MR) is 97.4 cm³/mol. The Labute approximate surface area is 154 Å². The van der Waals surface area contributed by atoms with Crippen LogP contribution in [0.2, 0.25) is 0 Å². The Morgan fingerprint density at radius 3 is 3.15 bits per heavy atom. The summed E-state index contributed by atoms with van der Waals surface area (Å²) in [6.07, 6.45) is 5.47. The number of hydrogen-bond donors (Lipinski definition) is 1. The molecule has 27 heavy (non-hydrogen) atoms. The van der Waals surface area contributed by atoms with Gasteiger partial charge >= 0.3 is 0 Å². The second-order valence-corrected chi connectivity index (χ2v) is 6.79. The van der Waals surface area contributed by atoms with Gasteiger partial charge in [0, 0.05) is 18.3 Å². The zero-order valence-electron chi connectivity index (χ0n) is 14.6. The first-order valence-corrected chi connectivity index (χ1v) is 9.02. The fraction of sp³-hybridized carbons (Fsp3) is 0.316. The molecule has 1 N–H and O–H groups in total. The number of nitrogens with one attached hydrogen (secondary N) is 1. The minimum Gasteiger partial charge on any atom is -0.493 e. The Morgan fingerprint density at radius 1 is 1.30 bits per heavy atom. The molecule has 0 saturated carbocycles. The molecule has 2 aromatic heterocycles. The van der Waals surface area contributed by atoms with Gasteiger partial charge < -0.3 is 15.0 Å². The normalized spacial score (nSPS) is 19.5. The molecule has 1 fully saturated rings. The van der Waals surface area contributed by atoms with Crippen molar-refractivity contribution in [2.45, 2.75) is 25.3 Å². The summed E-state index contributed by atoms with van der Waals surface area (Å²) in [5.74, 6) is 0.910. The zero-order chi connectivity index (χ0) is 18.4. The van der Waals surface area contributed by atoms with Crippen LogP contribution in [-0.4, -0.2) is 33.7 Å². The molecule has 0 unspecified atom stereocenters. The van der Waals surface area contributed by atoms with Crippen LogP contribution in [0, 0.1) is 5.82 Å². The maximum absolute atomic E-state index is 14.0. The monoisotopic (exact) mass is 367 g/mol. The number of rotatable bonds is 0. The van der Waals surface area contributed by atoms with Crippen LogP contribution in [0.4, 0.5) is 15.9 Å². The van der Waals surface area contributed by atoms with E-state index in [0.717, 1.165) is 30.8 Å². The molecule has 1 atom stereocenters. The maximum Gasteiger partial charge on any atom is 0.227 e. The fourth-order valence-corrected chi connectivity index (χ4v) is 3.85. The third kappa shape index (κ3) is 2.77. The largest absolute Gasteiger partial charge is 0.493 e. The molecule has 0 spiro atoms. The second-order valence-electron chi connectivity index (χ2n) is 6.79. The Morgan fingerprint density at radius 2 is 2.22 bits per heavy atom. The first-order chi connectivity index (χ1) is 13.2. The van der Waals surface area contributed by atoms with E-state index in [-0.39, 0.29) is 30.8 Å². The molecule has 1 amide bonds. The molecule has 3 aromatic rings. The van der Waals surface area contributed by atoms with E-state index < -0.39 is 0 Å². The summed E-state index contributed by atoms with van der Waals surface area (Å²) in [4.78, 5) is 19.1. The third-order valence-electron chi connectivity index (χ3n) is 5.09. The lowest BCUT2D eigenvalue weighted by Gasteiger charge is -2.27. The van der Waals surface area contributed by atoms with Crippen molar-refractivity contribution in [1.82, 2.24) is 14.6 Å². The van der Waals surface area contributed by atoms with E-state index in [1.807, 2.05) is 12.3 Å². The average Bonchev–Trinajstić information content (AvgIpc) is 3.29. The highest BCUT2D eigenvalue weighted by molar-refractivity contribution is 5.94. The number of hydrogen-bond acceptors (Lipinski definition) is 5. The Kier molecular flexibility index (Phi) is 3.70. The van der Waals surface area contributed by atoms with Gasteiger partial charge in [0.1, 0.15) is 23.1 Å². The minimum absolute atomic E-state index is 0.0264. The number of aromatic nitrogens is 3. The molecular formula is C19H18FN5O2. The van der Waals surface area contributed by atoms with E-state index in [9.17, 15) is 9.18 Å². The number of anilines is 2. The summed E-state index contributed by atoms with van der Waals surface area (Å²) in [5.41, 5.74) is 1.95. The zero-order valence-corrected chi connectivity index (χ0v) is 14.6. The van der Waals surface area contributed by atoms with Crippen molar-refractivity contribution in [1.29, 1.82) is 0 Å². The highest BCUT2D eigenvalue weighted by atomic mass is 19.1. The average molecular weight is 367 g/mol. The van der Waals surface area contributed by atoms with E-state index >= 15 is 0 Å². The van der Waals surface area contributed by atoms with Crippen molar-refractivity contribution in [3.63, 3.8) is 0 Å². The van der Waals surface area contributed by atoms with E-state index in [2.05, 4.69) is 15.3 Å². The third-order valence-corrected chi connectivity index (χ3v) is 5.09. The molecule has 138 valence electrons. The van der Waals surface area contributed by atoms with Gasteiger partial charge in [0.15, 0.2) is 5.65 Å². The first-order valence-electron chi connectivity index (χ1n) is 9.02. The lowest BCUT2D eigenvalue weighted by atomic mass is 10.0. The van der Waals surface area contributed by atoms with Crippen LogP contribution in [0.25, 0.3) is 5.65 Å². The highest BCUT2D eigenvalue weighted by Gasteiger charge is 2.30. The summed E-state index contributed by atoms with van der Waals surface area (Å²) < 4.78 is 21.5. The maximum atomic E-state index is 14.0. The topological polar surface area (TPSA) is 71.8 Å². The summed E-state index contributed by atoms with van der Waals surface area (Å²) in [5, 5.41) is 7.09. The quantitative estimate of drug-likeness (QED) is 0.661. The van der Waals surface area contributed by atoms with Crippen molar-refractivity contribution in [2.24, 2.45) is 0 Å². The van der Waals surface area contributed by atoms with Crippen LogP contribution in [0.1, 0.15) is 30.9 Å². The van der Waals surface area contributed by atoms with Crippen LogP contribution in [0.5, 0.6) is 5.75 Å². The SMILES string of the molecule is O=C1CCOc2ccc(F)cc2[C@H]2CCCN2c2ccn3ncc(c3n2)N1. The van der Waals surface area contributed by atoms with Gasteiger partial charge in [-0.15, -0.1) is 0 Å². The summed E-state index contributed by atoms with van der Waals surface area (Å²) in [6.45, 7) is 1.03. The summed E-state index contributed by atoms with van der Waals surface area (Å²) in [6, 6.07) is 6.42. The number of fused-ring (bicyclic) bond motifs is 5. The Bertz CT molecular complexity index is 1030. The van der Waals surface area contributed by atoms with Gasteiger partial charge in [-0.25, -0.2) is 13.9 Å². The number of carbonyl (C=O) groups is 1. The highest BCUT2D eigenvalue weighted by Crippen LogP contribution is 2.40. The van der Waals surface area contributed by atoms with Gasteiger partial charge in [0.05, 0.1) is 25.3 Å². The van der Waals surface area contributed by atoms with Crippen LogP contribution in [0.3, 0.4) is 0 Å². The fourth-order valence-electron chi connectivity index (χ4n) is 3.85. The van der Waals surface area contributed by atoms with Gasteiger partial charge in [0.2, 0.25) is 5.91 Å². The van der Waals surface area contributed by atoms with Crippen molar-refractivity contribution < 1.29 is 13.9 Å². The number of ether oxygens (including phenoxy) is 1. The Balaban J connectivity index is 1.67. The number of carbonyl (C=O) groups excluding carboxylic acids is 1. The summed E-state index contributed by atoms with van der Waals surface area (Å²) in [7, 11) is 0. The molecule has 0 aliphatic carbocycles. The molecule has 5 rings (SSSR count). The minimum atomic E-state index is -0.298. The molecule has 1 aromatic carbocycles. The molecule has 2 aliphatic rings. The van der Waals surface area contributed by atoms with Crippen LogP contribution in [-0.2, 0) is 4.79 Å². The van der Waals surface area contributed by atoms with Crippen LogP contribution >= 0.6 is 0 Å². The van der Waals surface area contributed by atoms with E-state index in [1.165, 1.54) is 12.1 Å². The molecular weight excluding hydrogens is 349 g/mol. The molecule has 7 nitrogen and oxygen atoms in total. The Hall–Kier alpha value is -3.16. The molecule has 1 saturated heterocycles. The van der Waals surface area contributed by atoms with Crippen molar-refractivity contribution in [2.75, 3.05) is 23.4 Å². The standard InChI is InChI=1S/C19H18FN5O2/c20-12-3-4-16-13(10-12)15-2-1-7-24(15)17-5-8-25-19(23-17)14(11-21-25)22-18(26)6-9-27-16/h3-5,8,10-11,15H,1-2,6-7,9H2,(H,22,26)/t15-/m1/s1. The van der Waals surface area contributed by atoms with Gasteiger partial charge in [-0.3, -0.25) is 4.79 Å². The van der Waals surface area contributed by atoms with Gasteiger partial charge in [0.25, 0.3) is 0 Å². The molecule has 2 aliphatic heterocycles. The van der Waals surface area contributed by atoms with E-state index in [1.54, 1.807) is 16.8 Å². The number of amides is 1.